The number of likely N-dealkylation sites (N-methyl/N-ethyl adjacent to an activating group) is 1. The first-order valence-electron chi connectivity index (χ1n) is 9.09. The first-order chi connectivity index (χ1) is 12.1. The van der Waals surface area contributed by atoms with E-state index in [0.717, 1.165) is 0 Å². The van der Waals surface area contributed by atoms with Crippen LogP contribution in [0.2, 0.25) is 0 Å². The van der Waals surface area contributed by atoms with Crippen molar-refractivity contribution in [3.8, 4) is 0 Å². The van der Waals surface area contributed by atoms with Crippen LogP contribution >= 0.6 is 0 Å². The summed E-state index contributed by atoms with van der Waals surface area (Å²) in [6, 6.07) is 0. The van der Waals surface area contributed by atoms with Crippen molar-refractivity contribution < 1.29 is 19.1 Å². The molecule has 8 heteroatoms. The van der Waals surface area contributed by atoms with Crippen molar-refractivity contribution in [3.63, 3.8) is 0 Å². The Morgan fingerprint density at radius 2 is 1.69 bits per heavy atom. The number of azide groups is 1. The van der Waals surface area contributed by atoms with Crippen molar-refractivity contribution in [1.82, 2.24) is 4.90 Å². The van der Waals surface area contributed by atoms with Crippen LogP contribution in [0.5, 0.6) is 0 Å². The zero-order valence-corrected chi connectivity index (χ0v) is 17.1. The predicted molar refractivity (Wildman–Crippen MR) is 101 cm³/mol. The molecule has 8 nitrogen and oxygen atoms in total. The van der Waals surface area contributed by atoms with Gasteiger partial charge in [0, 0.05) is 18.0 Å². The lowest BCUT2D eigenvalue weighted by Gasteiger charge is -2.30. The molecular formula is C18H34N4O4. The Bertz CT molecular complexity index is 501. The second-order valence-electron chi connectivity index (χ2n) is 7.68. The number of hydrogen-bond donors (Lipinski definition) is 0. The fourth-order valence-electron chi connectivity index (χ4n) is 2.15. The summed E-state index contributed by atoms with van der Waals surface area (Å²) in [5.41, 5.74) is 6.91. The Morgan fingerprint density at radius 3 is 2.23 bits per heavy atom. The van der Waals surface area contributed by atoms with Gasteiger partial charge in [0.25, 0.3) is 0 Å². The Kier molecular flexibility index (Phi) is 10.9. The fraction of sp³-hybridized carbons (Fsp3) is 0.889. The lowest BCUT2D eigenvalue weighted by Crippen LogP contribution is -2.34. The molecule has 0 aliphatic heterocycles. The van der Waals surface area contributed by atoms with Crippen LogP contribution in [0.3, 0.4) is 0 Å². The molecule has 1 unspecified atom stereocenters. The maximum Gasteiger partial charge on any atom is 0.311 e. The first kappa shape index (κ1) is 24.2. The highest BCUT2D eigenvalue weighted by Gasteiger charge is 2.37. The molecule has 0 N–H and O–H groups in total. The summed E-state index contributed by atoms with van der Waals surface area (Å²) in [6.07, 6.45) is 2.19. The molecule has 0 aromatic rings. The molecule has 150 valence electrons. The van der Waals surface area contributed by atoms with Crippen LogP contribution in [0.4, 0.5) is 0 Å². The first-order valence-corrected chi connectivity index (χ1v) is 9.09. The molecule has 0 heterocycles. The molecule has 26 heavy (non-hydrogen) atoms. The van der Waals surface area contributed by atoms with Crippen molar-refractivity contribution >= 4 is 11.9 Å². The lowest BCUT2D eigenvalue weighted by atomic mass is 9.76. The van der Waals surface area contributed by atoms with Gasteiger partial charge in [0.2, 0.25) is 0 Å². The van der Waals surface area contributed by atoms with Crippen LogP contribution in [0, 0.1) is 10.8 Å². The Hall–Kier alpha value is -1.79. The molecule has 0 fully saturated rings. The van der Waals surface area contributed by atoms with E-state index in [2.05, 4.69) is 10.0 Å². The van der Waals surface area contributed by atoms with Crippen molar-refractivity contribution in [3.05, 3.63) is 10.4 Å². The standard InChI is InChI=1S/C18H34N4O4/c1-7-18(4,16(24)25-13-8-11-20-21-19)10-9-17(2,3)15(23)26-14-12-22(5)6/h7-14H2,1-6H3. The van der Waals surface area contributed by atoms with Gasteiger partial charge in [-0.05, 0) is 66.1 Å². The van der Waals surface area contributed by atoms with E-state index in [4.69, 9.17) is 15.0 Å². The monoisotopic (exact) mass is 370 g/mol. The summed E-state index contributed by atoms with van der Waals surface area (Å²) in [5.74, 6) is -0.529. The van der Waals surface area contributed by atoms with E-state index in [0.29, 0.717) is 45.4 Å². The molecule has 1 atom stereocenters. The third-order valence-corrected chi connectivity index (χ3v) is 4.60. The van der Waals surface area contributed by atoms with Crippen molar-refractivity contribution in [2.24, 2.45) is 15.9 Å². The van der Waals surface area contributed by atoms with E-state index in [1.165, 1.54) is 0 Å². The molecule has 0 saturated heterocycles. The molecule has 0 aromatic heterocycles. The fourth-order valence-corrected chi connectivity index (χ4v) is 2.15. The summed E-state index contributed by atoms with van der Waals surface area (Å²) in [5, 5.41) is 3.41. The third-order valence-electron chi connectivity index (χ3n) is 4.60. The number of rotatable bonds is 13. The normalized spacial score (nSPS) is 13.7. The van der Waals surface area contributed by atoms with Gasteiger partial charge in [-0.2, -0.15) is 0 Å². The molecule has 0 spiro atoms. The second-order valence-corrected chi connectivity index (χ2v) is 7.68. The second kappa shape index (κ2) is 11.8. The van der Waals surface area contributed by atoms with E-state index in [9.17, 15) is 9.59 Å². The van der Waals surface area contributed by atoms with Crippen LogP contribution < -0.4 is 0 Å². The predicted octanol–water partition coefficient (Wildman–Crippen LogP) is 3.56. The third kappa shape index (κ3) is 9.06. The average Bonchev–Trinajstić information content (AvgIpc) is 2.58. The minimum atomic E-state index is -0.662. The molecule has 0 aliphatic carbocycles. The van der Waals surface area contributed by atoms with E-state index >= 15 is 0 Å². The molecule has 0 saturated carbocycles. The highest BCUT2D eigenvalue weighted by molar-refractivity contribution is 5.77. The average molecular weight is 370 g/mol. The smallest absolute Gasteiger partial charge is 0.311 e. The zero-order chi connectivity index (χ0) is 20.2. The van der Waals surface area contributed by atoms with Gasteiger partial charge in [0.1, 0.15) is 6.61 Å². The van der Waals surface area contributed by atoms with Crippen LogP contribution in [-0.2, 0) is 19.1 Å². The number of ether oxygens (including phenoxy) is 2. The lowest BCUT2D eigenvalue weighted by molar-refractivity contribution is -0.159. The van der Waals surface area contributed by atoms with Crippen LogP contribution in [0.1, 0.15) is 53.4 Å². The summed E-state index contributed by atoms with van der Waals surface area (Å²) < 4.78 is 10.7. The molecule has 0 aromatic carbocycles. The quantitative estimate of drug-likeness (QED) is 0.162. The highest BCUT2D eigenvalue weighted by atomic mass is 16.5. The summed E-state index contributed by atoms with van der Waals surface area (Å²) in [7, 11) is 3.84. The topological polar surface area (TPSA) is 105 Å². The van der Waals surface area contributed by atoms with Gasteiger partial charge in [0.05, 0.1) is 17.4 Å². The SMILES string of the molecule is CCC(C)(CCC(C)(C)C(=O)OCCN(C)C)C(=O)OCCCN=[N+]=[N-]. The number of esters is 2. The maximum absolute atomic E-state index is 12.4. The van der Waals surface area contributed by atoms with E-state index in [-0.39, 0.29) is 18.5 Å². The molecule has 0 radical (unpaired) electrons. The Balaban J connectivity index is 4.55. The number of hydrogen-bond acceptors (Lipinski definition) is 6. The number of carbonyl (C=O) groups is 2. The highest BCUT2D eigenvalue weighted by Crippen LogP contribution is 2.35. The van der Waals surface area contributed by atoms with Crippen molar-refractivity contribution in [2.45, 2.75) is 53.4 Å². The van der Waals surface area contributed by atoms with Crippen LogP contribution in [-0.4, -0.2) is 57.2 Å². The van der Waals surface area contributed by atoms with E-state index in [1.54, 1.807) is 0 Å². The van der Waals surface area contributed by atoms with Crippen LogP contribution in [0.15, 0.2) is 5.11 Å². The largest absolute Gasteiger partial charge is 0.465 e. The van der Waals surface area contributed by atoms with Crippen molar-refractivity contribution in [1.29, 1.82) is 0 Å². The van der Waals surface area contributed by atoms with Crippen LogP contribution in [0.25, 0.3) is 10.4 Å². The van der Waals surface area contributed by atoms with Gasteiger partial charge < -0.3 is 14.4 Å². The molecule has 0 bridgehead atoms. The van der Waals surface area contributed by atoms with Gasteiger partial charge in [-0.1, -0.05) is 12.0 Å². The minimum Gasteiger partial charge on any atom is -0.465 e. The Labute approximate surface area is 156 Å². The van der Waals surface area contributed by atoms with E-state index in [1.807, 2.05) is 46.7 Å². The van der Waals surface area contributed by atoms with E-state index < -0.39 is 10.8 Å². The van der Waals surface area contributed by atoms with Gasteiger partial charge in [-0.3, -0.25) is 9.59 Å². The molecule has 0 amide bonds. The minimum absolute atomic E-state index is 0.226. The van der Waals surface area contributed by atoms with Gasteiger partial charge in [-0.25, -0.2) is 0 Å². The Morgan fingerprint density at radius 1 is 1.08 bits per heavy atom. The number of nitrogens with zero attached hydrogens (tertiary/aromatic N) is 4. The summed E-state index contributed by atoms with van der Waals surface area (Å²) in [4.78, 5) is 29.3. The zero-order valence-electron chi connectivity index (χ0n) is 17.1. The summed E-state index contributed by atoms with van der Waals surface area (Å²) >= 11 is 0. The maximum atomic E-state index is 12.4. The van der Waals surface area contributed by atoms with Gasteiger partial charge in [-0.15, -0.1) is 0 Å². The molecule has 0 rings (SSSR count). The molecular weight excluding hydrogens is 336 g/mol. The van der Waals surface area contributed by atoms with Gasteiger partial charge in [0.15, 0.2) is 0 Å². The van der Waals surface area contributed by atoms with Crippen molar-refractivity contribution in [2.75, 3.05) is 40.4 Å². The number of carbonyl (C=O) groups excluding carboxylic acids is 2. The van der Waals surface area contributed by atoms with Gasteiger partial charge >= 0.3 is 11.9 Å². The summed E-state index contributed by atoms with van der Waals surface area (Å²) in [6.45, 7) is 9.03. The molecule has 0 aliphatic rings.